The van der Waals surface area contributed by atoms with Gasteiger partial charge in [0, 0.05) is 16.9 Å². The fourth-order valence-electron chi connectivity index (χ4n) is 2.68. The number of Topliss-reactive ketones (excluding diaryl/α,β-unsaturated/α-hetero) is 1. The van der Waals surface area contributed by atoms with E-state index in [1.165, 1.54) is 0 Å². The first-order valence-electron chi connectivity index (χ1n) is 7.98. The van der Waals surface area contributed by atoms with Gasteiger partial charge in [-0.2, -0.15) is 0 Å². The molecule has 2 aromatic carbocycles. The predicted molar refractivity (Wildman–Crippen MR) is 92.0 cm³/mol. The highest BCUT2D eigenvalue weighted by Gasteiger charge is 2.42. The van der Waals surface area contributed by atoms with Gasteiger partial charge < -0.3 is 4.74 Å². The molecule has 0 saturated heterocycles. The molecule has 0 fully saturated rings. The van der Waals surface area contributed by atoms with Crippen LogP contribution >= 0.6 is 0 Å². The maximum absolute atomic E-state index is 12.6. The molecule has 2 aromatic rings. The number of carbonyl (C=O) groups is 2. The van der Waals surface area contributed by atoms with Crippen molar-refractivity contribution in [1.82, 2.24) is 0 Å². The first-order chi connectivity index (χ1) is 12.0. The summed E-state index contributed by atoms with van der Waals surface area (Å²) in [5.41, 5.74) is 1.01. The monoisotopic (exact) mass is 341 g/mol. The number of carbonyl (C=O) groups excluding carboxylic acids is 2. The minimum atomic E-state index is -1.63. The molecule has 0 amide bonds. The Labute approximate surface area is 145 Å². The number of ether oxygens (including phenoxy) is 1. The van der Waals surface area contributed by atoms with Crippen LogP contribution in [0.15, 0.2) is 60.7 Å². The number of hydrogen-bond acceptors (Lipinski definition) is 5. The summed E-state index contributed by atoms with van der Waals surface area (Å²) in [6.07, 6.45) is -0.154. The van der Waals surface area contributed by atoms with Gasteiger partial charge >= 0.3 is 12.0 Å². The molecule has 6 heteroatoms. The van der Waals surface area contributed by atoms with Crippen LogP contribution < -0.4 is 0 Å². The Balaban J connectivity index is 2.37. The maximum atomic E-state index is 12.6. The second kappa shape index (κ2) is 8.73. The molecule has 0 spiro atoms. The van der Waals surface area contributed by atoms with E-state index in [-0.39, 0.29) is 18.8 Å². The molecule has 130 valence electrons. The zero-order valence-electron chi connectivity index (χ0n) is 13.8. The normalized spacial score (nSPS) is 12.8. The highest BCUT2D eigenvalue weighted by Crippen LogP contribution is 2.28. The van der Waals surface area contributed by atoms with Gasteiger partial charge in [0.2, 0.25) is 0 Å². The Kier molecular flexibility index (Phi) is 6.39. The van der Waals surface area contributed by atoms with Gasteiger partial charge in [-0.15, -0.1) is 0 Å². The maximum Gasteiger partial charge on any atom is 0.382 e. The van der Waals surface area contributed by atoms with Crippen LogP contribution in [-0.2, 0) is 9.53 Å². The third-order valence-electron chi connectivity index (χ3n) is 3.87. The molecule has 25 heavy (non-hydrogen) atoms. The highest BCUT2D eigenvalue weighted by molar-refractivity contribution is 5.97. The van der Waals surface area contributed by atoms with Crippen molar-refractivity contribution in [2.45, 2.75) is 25.3 Å². The average Bonchev–Trinajstić information content (AvgIpc) is 2.62. The van der Waals surface area contributed by atoms with Gasteiger partial charge in [0.1, 0.15) is 0 Å². The van der Waals surface area contributed by atoms with Crippen LogP contribution in [0, 0.1) is 10.1 Å². The van der Waals surface area contributed by atoms with Crippen molar-refractivity contribution in [2.75, 3.05) is 6.61 Å². The summed E-state index contributed by atoms with van der Waals surface area (Å²) in [4.78, 5) is 35.6. The van der Waals surface area contributed by atoms with Crippen molar-refractivity contribution in [3.05, 3.63) is 81.9 Å². The summed E-state index contributed by atoms with van der Waals surface area (Å²) in [6, 6.07) is 15.5. The van der Waals surface area contributed by atoms with E-state index in [1.807, 2.05) is 0 Å². The summed E-state index contributed by atoms with van der Waals surface area (Å²) in [6.45, 7) is 1.62. The van der Waals surface area contributed by atoms with E-state index in [0.717, 1.165) is 0 Å². The molecule has 0 aliphatic carbocycles. The van der Waals surface area contributed by atoms with E-state index < -0.39 is 22.9 Å². The SMILES string of the molecule is CCOC(=O)[C@H]([C@@H](CC(=O)c1ccccc1)c1ccccc1)[N+](=O)[O-]. The average molecular weight is 341 g/mol. The van der Waals surface area contributed by atoms with E-state index in [2.05, 4.69) is 0 Å². The second-order valence-corrected chi connectivity index (χ2v) is 5.49. The molecule has 0 radical (unpaired) electrons. The van der Waals surface area contributed by atoms with Crippen LogP contribution in [-0.4, -0.2) is 29.3 Å². The standard InChI is InChI=1S/C19H19NO5/c1-2-25-19(22)18(20(23)24)16(14-9-5-3-6-10-14)13-17(21)15-11-7-4-8-12-15/h3-12,16,18H,2,13H2,1H3/t16-,18-/m0/s1. The molecule has 0 saturated carbocycles. The van der Waals surface area contributed by atoms with Crippen molar-refractivity contribution < 1.29 is 19.2 Å². The molecule has 0 aliphatic rings. The summed E-state index contributed by atoms with van der Waals surface area (Å²) in [7, 11) is 0. The molecule has 6 nitrogen and oxygen atoms in total. The van der Waals surface area contributed by atoms with E-state index in [1.54, 1.807) is 67.6 Å². The van der Waals surface area contributed by atoms with Gasteiger partial charge in [-0.1, -0.05) is 60.7 Å². The van der Waals surface area contributed by atoms with Crippen molar-refractivity contribution in [2.24, 2.45) is 0 Å². The molecule has 0 aromatic heterocycles. The molecular weight excluding hydrogens is 322 g/mol. The first kappa shape index (κ1) is 18.3. The Morgan fingerprint density at radius 1 is 1.04 bits per heavy atom. The van der Waals surface area contributed by atoms with Crippen molar-refractivity contribution in [3.63, 3.8) is 0 Å². The number of ketones is 1. The number of benzene rings is 2. The first-order valence-corrected chi connectivity index (χ1v) is 7.98. The van der Waals surface area contributed by atoms with Crippen LogP contribution in [0.1, 0.15) is 35.2 Å². The van der Waals surface area contributed by atoms with Gasteiger partial charge in [0.15, 0.2) is 5.78 Å². The quantitative estimate of drug-likeness (QED) is 0.318. The Morgan fingerprint density at radius 2 is 1.60 bits per heavy atom. The Morgan fingerprint density at radius 3 is 2.12 bits per heavy atom. The lowest BCUT2D eigenvalue weighted by atomic mass is 9.86. The van der Waals surface area contributed by atoms with Gasteiger partial charge in [-0.3, -0.25) is 14.9 Å². The zero-order valence-corrected chi connectivity index (χ0v) is 13.8. The summed E-state index contributed by atoms with van der Waals surface area (Å²) >= 11 is 0. The lowest BCUT2D eigenvalue weighted by Crippen LogP contribution is -2.38. The lowest BCUT2D eigenvalue weighted by molar-refractivity contribution is -0.514. The van der Waals surface area contributed by atoms with E-state index >= 15 is 0 Å². The topological polar surface area (TPSA) is 86.5 Å². The van der Waals surface area contributed by atoms with Crippen LogP contribution in [0.2, 0.25) is 0 Å². The number of nitro groups is 1. The highest BCUT2D eigenvalue weighted by atomic mass is 16.6. The van der Waals surface area contributed by atoms with E-state index in [0.29, 0.717) is 11.1 Å². The molecule has 2 rings (SSSR count). The molecule has 0 unspecified atom stereocenters. The molecular formula is C19H19NO5. The Bertz CT molecular complexity index is 730. The van der Waals surface area contributed by atoms with E-state index in [9.17, 15) is 19.7 Å². The van der Waals surface area contributed by atoms with Crippen molar-refractivity contribution in [1.29, 1.82) is 0 Å². The molecule has 0 N–H and O–H groups in total. The summed E-state index contributed by atoms with van der Waals surface area (Å²) in [5.74, 6) is -2.09. The van der Waals surface area contributed by atoms with Gasteiger partial charge in [-0.05, 0) is 12.5 Å². The molecule has 0 heterocycles. The Hall–Kier alpha value is -3.02. The van der Waals surface area contributed by atoms with Gasteiger partial charge in [0.05, 0.1) is 12.5 Å². The minimum absolute atomic E-state index is 0.0390. The lowest BCUT2D eigenvalue weighted by Gasteiger charge is -2.19. The number of nitrogens with zero attached hydrogens (tertiary/aromatic N) is 1. The second-order valence-electron chi connectivity index (χ2n) is 5.49. The fraction of sp³-hybridized carbons (Fsp3) is 0.263. The van der Waals surface area contributed by atoms with Gasteiger partial charge in [0.25, 0.3) is 0 Å². The van der Waals surface area contributed by atoms with Gasteiger partial charge in [-0.25, -0.2) is 4.79 Å². The van der Waals surface area contributed by atoms with Crippen LogP contribution in [0.3, 0.4) is 0 Å². The molecule has 2 atom stereocenters. The van der Waals surface area contributed by atoms with E-state index in [4.69, 9.17) is 4.74 Å². The molecule has 0 bridgehead atoms. The third kappa shape index (κ3) is 4.73. The van der Waals surface area contributed by atoms with Crippen molar-refractivity contribution >= 4 is 11.8 Å². The van der Waals surface area contributed by atoms with Crippen LogP contribution in [0.4, 0.5) is 0 Å². The minimum Gasteiger partial charge on any atom is -0.461 e. The fourth-order valence-corrected chi connectivity index (χ4v) is 2.68. The third-order valence-corrected chi connectivity index (χ3v) is 3.87. The largest absolute Gasteiger partial charge is 0.461 e. The number of esters is 1. The predicted octanol–water partition coefficient (Wildman–Crippen LogP) is 3.25. The number of rotatable bonds is 8. The molecule has 0 aliphatic heterocycles. The van der Waals surface area contributed by atoms with Crippen LogP contribution in [0.5, 0.6) is 0 Å². The number of hydrogen-bond donors (Lipinski definition) is 0. The zero-order chi connectivity index (χ0) is 18.2. The summed E-state index contributed by atoms with van der Waals surface area (Å²) in [5, 5.41) is 11.5. The summed E-state index contributed by atoms with van der Waals surface area (Å²) < 4.78 is 4.86. The smallest absolute Gasteiger partial charge is 0.382 e. The van der Waals surface area contributed by atoms with Crippen LogP contribution in [0.25, 0.3) is 0 Å². The van der Waals surface area contributed by atoms with Crippen molar-refractivity contribution in [3.8, 4) is 0 Å².